The van der Waals surface area contributed by atoms with Crippen LogP contribution in [0.2, 0.25) is 0 Å². The number of carbonyl (C=O) groups is 1. The van der Waals surface area contributed by atoms with Crippen LogP contribution >= 0.6 is 11.3 Å². The second-order valence-electron chi connectivity index (χ2n) is 5.95. The molecule has 1 amide bonds. The van der Waals surface area contributed by atoms with Crippen molar-refractivity contribution in [3.8, 4) is 5.69 Å². The van der Waals surface area contributed by atoms with E-state index in [-0.39, 0.29) is 17.6 Å². The Hall–Kier alpha value is -2.74. The van der Waals surface area contributed by atoms with Crippen LogP contribution in [0.5, 0.6) is 0 Å². The van der Waals surface area contributed by atoms with Gasteiger partial charge >= 0.3 is 5.69 Å². The standard InChI is InChI=1S/C17H17N5O2S/c23-16(15-7-4-12-25-15)20-10-8-14(9-11-20)22-17(24)21(18-19-22)13-5-2-1-3-6-13/h1-7,12,14H,8-11H2. The van der Waals surface area contributed by atoms with E-state index in [2.05, 4.69) is 10.4 Å². The lowest BCUT2D eigenvalue weighted by Crippen LogP contribution is -2.41. The molecule has 4 rings (SSSR count). The van der Waals surface area contributed by atoms with Crippen LogP contribution in [0.1, 0.15) is 28.6 Å². The third kappa shape index (κ3) is 3.00. The Morgan fingerprint density at radius 1 is 1.04 bits per heavy atom. The quantitative estimate of drug-likeness (QED) is 0.720. The van der Waals surface area contributed by atoms with E-state index < -0.39 is 0 Å². The molecule has 0 bridgehead atoms. The molecular formula is C17H17N5O2S. The first-order chi connectivity index (χ1) is 12.2. The number of amides is 1. The lowest BCUT2D eigenvalue weighted by molar-refractivity contribution is 0.0693. The van der Waals surface area contributed by atoms with Crippen LogP contribution in [0, 0.1) is 0 Å². The number of tetrazole rings is 1. The molecule has 3 heterocycles. The van der Waals surface area contributed by atoms with Crippen LogP contribution in [0.4, 0.5) is 0 Å². The minimum Gasteiger partial charge on any atom is -0.338 e. The van der Waals surface area contributed by atoms with Gasteiger partial charge in [0.25, 0.3) is 5.91 Å². The SMILES string of the molecule is O=C(c1cccs1)N1CCC(n2nnn(-c3ccccc3)c2=O)CC1. The molecule has 1 saturated heterocycles. The maximum atomic E-state index is 12.6. The highest BCUT2D eigenvalue weighted by Crippen LogP contribution is 2.22. The molecule has 7 nitrogen and oxygen atoms in total. The fourth-order valence-electron chi connectivity index (χ4n) is 3.09. The third-order valence-corrected chi connectivity index (χ3v) is 5.29. The van der Waals surface area contributed by atoms with Gasteiger partial charge < -0.3 is 4.90 Å². The fourth-order valence-corrected chi connectivity index (χ4v) is 3.78. The van der Waals surface area contributed by atoms with Crippen molar-refractivity contribution in [2.45, 2.75) is 18.9 Å². The second-order valence-corrected chi connectivity index (χ2v) is 6.90. The van der Waals surface area contributed by atoms with E-state index in [1.807, 2.05) is 52.7 Å². The maximum Gasteiger partial charge on any atom is 0.368 e. The molecular weight excluding hydrogens is 338 g/mol. The highest BCUT2D eigenvalue weighted by Gasteiger charge is 2.27. The molecule has 8 heteroatoms. The summed E-state index contributed by atoms with van der Waals surface area (Å²) in [4.78, 5) is 27.6. The first-order valence-electron chi connectivity index (χ1n) is 8.17. The van der Waals surface area contributed by atoms with E-state index in [1.165, 1.54) is 20.7 Å². The van der Waals surface area contributed by atoms with Crippen LogP contribution in [0.25, 0.3) is 5.69 Å². The third-order valence-electron chi connectivity index (χ3n) is 4.43. The molecule has 0 N–H and O–H groups in total. The maximum absolute atomic E-state index is 12.6. The average Bonchev–Trinajstić information content (AvgIpc) is 3.32. The smallest absolute Gasteiger partial charge is 0.338 e. The average molecular weight is 355 g/mol. The van der Waals surface area contributed by atoms with Gasteiger partial charge in [-0.25, -0.2) is 4.79 Å². The Morgan fingerprint density at radius 3 is 2.48 bits per heavy atom. The summed E-state index contributed by atoms with van der Waals surface area (Å²) >= 11 is 1.45. The van der Waals surface area contributed by atoms with E-state index in [4.69, 9.17) is 0 Å². The minimum atomic E-state index is -0.241. The van der Waals surface area contributed by atoms with E-state index in [9.17, 15) is 9.59 Å². The number of rotatable bonds is 3. The van der Waals surface area contributed by atoms with E-state index >= 15 is 0 Å². The molecule has 1 aliphatic rings. The van der Waals surface area contributed by atoms with Crippen molar-refractivity contribution in [3.63, 3.8) is 0 Å². The molecule has 0 radical (unpaired) electrons. The van der Waals surface area contributed by atoms with E-state index in [1.54, 1.807) is 0 Å². The predicted molar refractivity (Wildman–Crippen MR) is 94.1 cm³/mol. The number of hydrogen-bond donors (Lipinski definition) is 0. The summed E-state index contributed by atoms with van der Waals surface area (Å²) in [5.41, 5.74) is 0.457. The lowest BCUT2D eigenvalue weighted by atomic mass is 10.1. The van der Waals surface area contributed by atoms with Crippen molar-refractivity contribution < 1.29 is 4.79 Å². The van der Waals surface area contributed by atoms with Crippen LogP contribution in [0.3, 0.4) is 0 Å². The number of carbonyl (C=O) groups excluding carboxylic acids is 1. The van der Waals surface area contributed by atoms with Crippen LogP contribution < -0.4 is 5.69 Å². The highest BCUT2D eigenvalue weighted by molar-refractivity contribution is 7.12. The minimum absolute atomic E-state index is 0.0302. The zero-order valence-electron chi connectivity index (χ0n) is 13.5. The van der Waals surface area contributed by atoms with E-state index in [0.717, 1.165) is 4.88 Å². The van der Waals surface area contributed by atoms with Crippen molar-refractivity contribution in [1.29, 1.82) is 0 Å². The molecule has 0 aliphatic carbocycles. The zero-order valence-corrected chi connectivity index (χ0v) is 14.3. The fraction of sp³-hybridized carbons (Fsp3) is 0.294. The van der Waals surface area contributed by atoms with Gasteiger partial charge in [-0.1, -0.05) is 24.3 Å². The molecule has 0 atom stereocenters. The molecule has 3 aromatic rings. The summed E-state index contributed by atoms with van der Waals surface area (Å²) in [5.74, 6) is 0.0636. The molecule has 0 spiro atoms. The number of aromatic nitrogens is 4. The Balaban J connectivity index is 1.48. The number of likely N-dealkylation sites (tertiary alicyclic amines) is 1. The predicted octanol–water partition coefficient (Wildman–Crippen LogP) is 1.97. The normalized spacial score (nSPS) is 15.4. The highest BCUT2D eigenvalue weighted by atomic mass is 32.1. The van der Waals surface area contributed by atoms with Crippen LogP contribution in [0.15, 0.2) is 52.6 Å². The molecule has 128 valence electrons. The lowest BCUT2D eigenvalue weighted by Gasteiger charge is -2.31. The van der Waals surface area contributed by atoms with Gasteiger partial charge in [-0.15, -0.1) is 11.3 Å². The summed E-state index contributed by atoms with van der Waals surface area (Å²) in [7, 11) is 0. The van der Waals surface area contributed by atoms with Gasteiger partial charge in [-0.05, 0) is 46.8 Å². The number of benzene rings is 1. The Labute approximate surface area is 148 Å². The number of hydrogen-bond acceptors (Lipinski definition) is 5. The van der Waals surface area contributed by atoms with Crippen LogP contribution in [-0.2, 0) is 0 Å². The zero-order chi connectivity index (χ0) is 17.2. The monoisotopic (exact) mass is 355 g/mol. The number of nitrogens with zero attached hydrogens (tertiary/aromatic N) is 5. The van der Waals surface area contributed by atoms with Gasteiger partial charge in [0.15, 0.2) is 0 Å². The first-order valence-corrected chi connectivity index (χ1v) is 9.05. The summed E-state index contributed by atoms with van der Waals surface area (Å²) in [6, 6.07) is 12.9. The molecule has 0 unspecified atom stereocenters. The second kappa shape index (κ2) is 6.64. The Morgan fingerprint density at radius 2 is 1.80 bits per heavy atom. The first kappa shape index (κ1) is 15.8. The van der Waals surface area contributed by atoms with Crippen molar-refractivity contribution in [2.75, 3.05) is 13.1 Å². The summed E-state index contributed by atoms with van der Waals surface area (Å²) in [5, 5.41) is 9.95. The van der Waals surface area contributed by atoms with E-state index in [0.29, 0.717) is 31.6 Å². The Kier molecular flexibility index (Phi) is 4.19. The molecule has 1 aromatic carbocycles. The topological polar surface area (TPSA) is 73.0 Å². The van der Waals surface area contributed by atoms with Crippen molar-refractivity contribution >= 4 is 17.2 Å². The molecule has 25 heavy (non-hydrogen) atoms. The van der Waals surface area contributed by atoms with Crippen LogP contribution in [-0.4, -0.2) is 43.7 Å². The summed E-state index contributed by atoms with van der Waals surface area (Å²) < 4.78 is 2.75. The Bertz CT molecular complexity index is 908. The number of piperidine rings is 1. The van der Waals surface area contributed by atoms with Gasteiger partial charge in [-0.2, -0.15) is 9.36 Å². The van der Waals surface area contributed by atoms with Crippen molar-refractivity contribution in [1.82, 2.24) is 24.7 Å². The summed E-state index contributed by atoms with van der Waals surface area (Å²) in [6.07, 6.45) is 1.40. The number of thiophene rings is 1. The van der Waals surface area contributed by atoms with Gasteiger partial charge in [-0.3, -0.25) is 4.79 Å². The molecule has 2 aromatic heterocycles. The largest absolute Gasteiger partial charge is 0.368 e. The van der Waals surface area contributed by atoms with Gasteiger partial charge in [0.2, 0.25) is 0 Å². The van der Waals surface area contributed by atoms with Gasteiger partial charge in [0.05, 0.1) is 16.6 Å². The van der Waals surface area contributed by atoms with Crippen molar-refractivity contribution in [3.05, 3.63) is 63.2 Å². The molecule has 1 fully saturated rings. The molecule has 0 saturated carbocycles. The summed E-state index contributed by atoms with van der Waals surface area (Å²) in [6.45, 7) is 1.23. The number of para-hydroxylation sites is 1. The van der Waals surface area contributed by atoms with Gasteiger partial charge in [0, 0.05) is 13.1 Å². The van der Waals surface area contributed by atoms with Gasteiger partial charge in [0.1, 0.15) is 0 Å². The van der Waals surface area contributed by atoms with Crippen molar-refractivity contribution in [2.24, 2.45) is 0 Å². The molecule has 1 aliphatic heterocycles.